The van der Waals surface area contributed by atoms with Gasteiger partial charge in [-0.3, -0.25) is 4.57 Å². The minimum Gasteiger partial charge on any atom is -0.456 e. The summed E-state index contributed by atoms with van der Waals surface area (Å²) in [4.78, 5) is 5.37. The van der Waals surface area contributed by atoms with E-state index in [4.69, 9.17) is 8.83 Å². The van der Waals surface area contributed by atoms with Gasteiger partial charge < -0.3 is 18.6 Å². The predicted octanol–water partition coefficient (Wildman–Crippen LogP) is 14.4. The molecule has 1 aliphatic carbocycles. The Hall–Kier alpha value is -6.66. The molecule has 0 spiro atoms. The Morgan fingerprint density at radius 2 is 1.21 bits per heavy atom. The van der Waals surface area contributed by atoms with Crippen molar-refractivity contribution >= 4 is 106 Å². The van der Waals surface area contributed by atoms with Gasteiger partial charge in [0, 0.05) is 50.0 Å². The number of fused-ring (bicyclic) bond motifs is 15. The zero-order chi connectivity index (χ0) is 44.8. The van der Waals surface area contributed by atoms with E-state index in [0.29, 0.717) is 0 Å². The van der Waals surface area contributed by atoms with Crippen LogP contribution in [0.2, 0.25) is 0 Å². The van der Waals surface area contributed by atoms with E-state index >= 15 is 0 Å². The summed E-state index contributed by atoms with van der Waals surface area (Å²) in [5, 5.41) is 5.83. The zero-order valence-corrected chi connectivity index (χ0v) is 39.3. The molecule has 3 aromatic heterocycles. The van der Waals surface area contributed by atoms with Crippen LogP contribution in [0.1, 0.15) is 97.8 Å². The van der Waals surface area contributed by atoms with Crippen molar-refractivity contribution < 1.29 is 8.83 Å². The van der Waals surface area contributed by atoms with Gasteiger partial charge in [0.25, 0.3) is 6.71 Å². The fraction of sp³-hybridized carbons (Fsp3) is 0.267. The van der Waals surface area contributed by atoms with Crippen molar-refractivity contribution in [3.8, 4) is 5.69 Å². The fourth-order valence-electron chi connectivity index (χ4n) is 13.3. The maximum absolute atomic E-state index is 6.95. The molecule has 5 nitrogen and oxygen atoms in total. The van der Waals surface area contributed by atoms with Crippen LogP contribution >= 0.6 is 0 Å². The number of benzene rings is 7. The van der Waals surface area contributed by atoms with Crippen molar-refractivity contribution in [2.24, 2.45) is 0 Å². The summed E-state index contributed by atoms with van der Waals surface area (Å²) in [6.07, 6.45) is 4.81. The molecule has 14 rings (SSSR count). The number of furan rings is 2. The molecule has 10 aromatic rings. The third-order valence-corrected chi connectivity index (χ3v) is 16.8. The summed E-state index contributed by atoms with van der Waals surface area (Å²) in [6, 6.07) is 50.6. The molecule has 0 N–H and O–H groups in total. The number of anilines is 5. The van der Waals surface area contributed by atoms with Crippen LogP contribution in [0, 0.1) is 0 Å². The van der Waals surface area contributed by atoms with Gasteiger partial charge in [0.2, 0.25) is 5.71 Å². The maximum Gasteiger partial charge on any atom is 0.252 e. The van der Waals surface area contributed by atoms with Gasteiger partial charge in [-0.1, -0.05) is 140 Å². The monoisotopic (exact) mass is 859 g/mol. The van der Waals surface area contributed by atoms with Crippen molar-refractivity contribution in [2.75, 3.05) is 9.80 Å². The Morgan fingerprint density at radius 3 is 2.00 bits per heavy atom. The summed E-state index contributed by atoms with van der Waals surface area (Å²) >= 11 is 0. The molecule has 0 radical (unpaired) electrons. The number of hydrogen-bond acceptors (Lipinski definition) is 4. The second kappa shape index (κ2) is 12.6. The minimum atomic E-state index is -0.148. The average molecular weight is 860 g/mol. The lowest BCUT2D eigenvalue weighted by Crippen LogP contribution is -2.60. The molecule has 324 valence electrons. The molecule has 2 atom stereocenters. The van der Waals surface area contributed by atoms with E-state index in [1.54, 1.807) is 0 Å². The second-order valence-corrected chi connectivity index (χ2v) is 22.4. The smallest absolute Gasteiger partial charge is 0.252 e. The summed E-state index contributed by atoms with van der Waals surface area (Å²) in [5.74, 6) is 0. The van der Waals surface area contributed by atoms with Gasteiger partial charge in [0.05, 0.1) is 27.5 Å². The lowest BCUT2D eigenvalue weighted by Gasteiger charge is -2.50. The van der Waals surface area contributed by atoms with E-state index in [-0.39, 0.29) is 28.5 Å². The highest BCUT2D eigenvalue weighted by molar-refractivity contribution is 7.00. The van der Waals surface area contributed by atoms with Gasteiger partial charge in [-0.25, -0.2) is 0 Å². The van der Waals surface area contributed by atoms with E-state index in [1.165, 1.54) is 97.1 Å². The maximum atomic E-state index is 6.95. The van der Waals surface area contributed by atoms with Crippen molar-refractivity contribution in [1.82, 2.24) is 4.57 Å². The van der Waals surface area contributed by atoms with Crippen LogP contribution in [0.4, 0.5) is 28.4 Å². The van der Waals surface area contributed by atoms with Crippen molar-refractivity contribution in [3.63, 3.8) is 0 Å². The molecule has 3 aliphatic heterocycles. The van der Waals surface area contributed by atoms with Crippen LogP contribution < -0.4 is 26.2 Å². The summed E-state index contributed by atoms with van der Waals surface area (Å²) in [7, 11) is 0. The van der Waals surface area contributed by atoms with E-state index in [0.717, 1.165) is 50.7 Å². The molecule has 0 saturated heterocycles. The molecular formula is C60H54BN3O2. The van der Waals surface area contributed by atoms with E-state index in [1.807, 2.05) is 0 Å². The SMILES string of the molecule is CC(C)(C)c1cc2c3c(c1)-n1c4oc5ccccc5c4c4cccc(c41)B3c1ccc(N3c4ccc(C(C)(C)C)cc4C4(C)CCCCC34C)cc1N2c1cccc2oc3ccccc3c12. The van der Waals surface area contributed by atoms with Crippen LogP contribution in [0.15, 0.2) is 142 Å². The second-order valence-electron chi connectivity index (χ2n) is 22.4. The molecule has 6 heterocycles. The molecule has 0 bridgehead atoms. The summed E-state index contributed by atoms with van der Waals surface area (Å²) < 4.78 is 16.1. The highest BCUT2D eigenvalue weighted by Crippen LogP contribution is 2.62. The topological polar surface area (TPSA) is 37.7 Å². The molecule has 2 unspecified atom stereocenters. The molecule has 0 amide bonds. The lowest BCUT2D eigenvalue weighted by molar-refractivity contribution is 0.195. The van der Waals surface area contributed by atoms with Crippen molar-refractivity contribution in [1.29, 1.82) is 0 Å². The average Bonchev–Trinajstić information content (AvgIpc) is 4.02. The van der Waals surface area contributed by atoms with Crippen LogP contribution in [0.25, 0.3) is 60.6 Å². The number of nitrogens with zero attached hydrogens (tertiary/aromatic N) is 3. The molecular weight excluding hydrogens is 805 g/mol. The van der Waals surface area contributed by atoms with Gasteiger partial charge >= 0.3 is 0 Å². The van der Waals surface area contributed by atoms with Crippen molar-refractivity contribution in [2.45, 2.75) is 103 Å². The van der Waals surface area contributed by atoms with E-state index < -0.39 is 0 Å². The third-order valence-electron chi connectivity index (χ3n) is 16.8. The van der Waals surface area contributed by atoms with Gasteiger partial charge in [0.1, 0.15) is 16.7 Å². The standard InChI is InChI=1S/C60H54BN3O2/c1-57(2,3)35-25-28-44-41(31-35)59(7)29-13-14-30-60(59,8)64(44)37-26-27-42-46(34-37)62(45-21-16-24-51-53(45)39-18-10-11-22-49(39)65-51)47-32-36(58(4,5)6)33-48-54(47)61(42)43-20-15-19-40-52-38-17-9-12-23-50(38)66-56(52)63(48)55(40)43/h9-12,15-28,31-34H,13-14,29-30H2,1-8H3. The number of rotatable bonds is 2. The van der Waals surface area contributed by atoms with Gasteiger partial charge in [-0.05, 0) is 118 Å². The molecule has 66 heavy (non-hydrogen) atoms. The highest BCUT2D eigenvalue weighted by Gasteiger charge is 2.58. The summed E-state index contributed by atoms with van der Waals surface area (Å²) in [5.41, 5.74) is 20.1. The van der Waals surface area contributed by atoms with Gasteiger partial charge in [0.15, 0.2) is 0 Å². The van der Waals surface area contributed by atoms with Crippen LogP contribution in [-0.4, -0.2) is 16.8 Å². The minimum absolute atomic E-state index is 0.00730. The van der Waals surface area contributed by atoms with Gasteiger partial charge in [-0.2, -0.15) is 0 Å². The van der Waals surface area contributed by atoms with Crippen LogP contribution in [0.5, 0.6) is 0 Å². The molecule has 1 fully saturated rings. The molecule has 7 aromatic carbocycles. The zero-order valence-electron chi connectivity index (χ0n) is 39.3. The number of para-hydroxylation sites is 3. The Labute approximate surface area is 386 Å². The Bertz CT molecular complexity index is 3760. The Kier molecular flexibility index (Phi) is 7.38. The largest absolute Gasteiger partial charge is 0.456 e. The normalized spacial score (nSPS) is 19.9. The Morgan fingerprint density at radius 1 is 0.530 bits per heavy atom. The Balaban J connectivity index is 1.11. The van der Waals surface area contributed by atoms with Crippen LogP contribution in [-0.2, 0) is 16.2 Å². The van der Waals surface area contributed by atoms with Crippen LogP contribution in [0.3, 0.4) is 0 Å². The quantitative estimate of drug-likeness (QED) is 0.162. The molecule has 4 aliphatic rings. The third kappa shape index (κ3) is 4.77. The first-order valence-corrected chi connectivity index (χ1v) is 24.2. The first kappa shape index (κ1) is 38.6. The lowest BCUT2D eigenvalue weighted by atomic mass is 9.33. The van der Waals surface area contributed by atoms with E-state index in [2.05, 4.69) is 203 Å². The summed E-state index contributed by atoms with van der Waals surface area (Å²) in [6.45, 7) is 19.2. The molecule has 1 saturated carbocycles. The molecule has 6 heteroatoms. The van der Waals surface area contributed by atoms with Gasteiger partial charge in [-0.15, -0.1) is 0 Å². The first-order chi connectivity index (χ1) is 31.7. The fourth-order valence-corrected chi connectivity index (χ4v) is 13.3. The highest BCUT2D eigenvalue weighted by atomic mass is 16.3. The first-order valence-electron chi connectivity index (χ1n) is 24.2. The number of hydrogen-bond donors (Lipinski definition) is 0. The van der Waals surface area contributed by atoms with E-state index in [9.17, 15) is 0 Å². The number of aromatic nitrogens is 1. The predicted molar refractivity (Wildman–Crippen MR) is 277 cm³/mol. The van der Waals surface area contributed by atoms with Crippen molar-refractivity contribution in [3.05, 3.63) is 150 Å².